The van der Waals surface area contributed by atoms with Gasteiger partial charge in [0, 0.05) is 8.95 Å². The number of hydrogen-bond acceptors (Lipinski definition) is 0. The summed E-state index contributed by atoms with van der Waals surface area (Å²) in [6, 6.07) is 14.5. The summed E-state index contributed by atoms with van der Waals surface area (Å²) in [7, 11) is 0. The molecule has 17 heavy (non-hydrogen) atoms. The van der Waals surface area contributed by atoms with E-state index in [0.29, 0.717) is 0 Å². The van der Waals surface area contributed by atoms with Crippen molar-refractivity contribution in [1.82, 2.24) is 0 Å². The van der Waals surface area contributed by atoms with Crippen molar-refractivity contribution >= 4 is 65.0 Å². The molecule has 0 aromatic heterocycles. The predicted molar refractivity (Wildman–Crippen MR) is 81.9 cm³/mol. The number of benzene rings is 3. The maximum absolute atomic E-state index is 6.11. The quantitative estimate of drug-likeness (QED) is 0.415. The Balaban J connectivity index is 2.53. The van der Waals surface area contributed by atoms with Crippen LogP contribution in [0.15, 0.2) is 51.4 Å². The van der Waals surface area contributed by atoms with E-state index < -0.39 is 0 Å². The Labute approximate surface area is 121 Å². The van der Waals surface area contributed by atoms with E-state index in [9.17, 15) is 0 Å². The third-order valence-electron chi connectivity index (χ3n) is 2.87. The van der Waals surface area contributed by atoms with Crippen LogP contribution in [0.1, 0.15) is 0 Å². The van der Waals surface area contributed by atoms with Crippen LogP contribution in [-0.4, -0.2) is 0 Å². The highest BCUT2D eigenvalue weighted by Gasteiger charge is 2.06. The van der Waals surface area contributed by atoms with Gasteiger partial charge < -0.3 is 0 Å². The summed E-state index contributed by atoms with van der Waals surface area (Å²) in [5.74, 6) is 0. The fourth-order valence-electron chi connectivity index (χ4n) is 2.05. The molecule has 0 nitrogen and oxygen atoms in total. The third kappa shape index (κ3) is 1.88. The molecule has 0 radical (unpaired) electrons. The minimum Gasteiger partial charge on any atom is -0.0831 e. The van der Waals surface area contributed by atoms with E-state index in [1.165, 1.54) is 16.2 Å². The molecule has 0 aliphatic heterocycles. The largest absolute Gasteiger partial charge is 0.0831 e. The van der Waals surface area contributed by atoms with Crippen LogP contribution in [0.25, 0.3) is 21.5 Å². The predicted octanol–water partition coefficient (Wildman–Crippen LogP) is 6.17. The van der Waals surface area contributed by atoms with E-state index in [1.807, 2.05) is 6.07 Å². The first-order valence-corrected chi connectivity index (χ1v) is 7.09. The van der Waals surface area contributed by atoms with E-state index in [-0.39, 0.29) is 0 Å². The molecule has 3 rings (SSSR count). The lowest BCUT2D eigenvalue weighted by molar-refractivity contribution is 1.70. The second-order valence-electron chi connectivity index (χ2n) is 3.89. The molecule has 0 saturated carbocycles. The molecule has 0 aliphatic carbocycles. The van der Waals surface area contributed by atoms with Gasteiger partial charge in [0.25, 0.3) is 0 Å². The molecule has 0 heterocycles. The van der Waals surface area contributed by atoms with Crippen molar-refractivity contribution in [2.45, 2.75) is 0 Å². The average molecular weight is 370 g/mol. The van der Waals surface area contributed by atoms with Crippen molar-refractivity contribution in [2.24, 2.45) is 0 Å². The van der Waals surface area contributed by atoms with Crippen LogP contribution in [-0.2, 0) is 0 Å². The first-order valence-electron chi connectivity index (χ1n) is 5.13. The Kier molecular flexibility index (Phi) is 2.89. The lowest BCUT2D eigenvalue weighted by Gasteiger charge is -2.07. The maximum Gasteiger partial charge on any atom is 0.0554 e. The van der Waals surface area contributed by atoms with Gasteiger partial charge in [0.15, 0.2) is 0 Å². The molecule has 0 fully saturated rings. The minimum absolute atomic E-state index is 0.744. The van der Waals surface area contributed by atoms with Gasteiger partial charge in [-0.15, -0.1) is 0 Å². The lowest BCUT2D eigenvalue weighted by Crippen LogP contribution is -1.80. The Morgan fingerprint density at radius 1 is 0.765 bits per heavy atom. The first kappa shape index (κ1) is 11.5. The minimum atomic E-state index is 0.744. The van der Waals surface area contributed by atoms with Gasteiger partial charge in [0.1, 0.15) is 0 Å². The fourth-order valence-corrected chi connectivity index (χ4v) is 3.08. The monoisotopic (exact) mass is 368 g/mol. The lowest BCUT2D eigenvalue weighted by atomic mass is 10.0. The third-order valence-corrected chi connectivity index (χ3v) is 4.76. The van der Waals surface area contributed by atoms with Gasteiger partial charge >= 0.3 is 0 Å². The number of fused-ring (bicyclic) bond motifs is 3. The Hall–Kier alpha value is -0.570. The zero-order chi connectivity index (χ0) is 12.0. The second kappa shape index (κ2) is 4.27. The zero-order valence-corrected chi connectivity index (χ0v) is 12.6. The van der Waals surface area contributed by atoms with Crippen LogP contribution in [0.5, 0.6) is 0 Å². The standard InChI is InChI=1S/C14H7Br2Cl/c15-9-2-4-10-8(7-9)1-3-12-11(10)5-6-13(17)14(12)16/h1-7H. The van der Waals surface area contributed by atoms with E-state index in [1.54, 1.807) is 0 Å². The van der Waals surface area contributed by atoms with E-state index in [0.717, 1.165) is 19.4 Å². The SMILES string of the molecule is Clc1ccc2c(ccc3cc(Br)ccc32)c1Br. The van der Waals surface area contributed by atoms with Gasteiger partial charge in [-0.2, -0.15) is 0 Å². The average Bonchev–Trinajstić information content (AvgIpc) is 2.33. The molecule has 3 aromatic rings. The topological polar surface area (TPSA) is 0 Å². The summed E-state index contributed by atoms with van der Waals surface area (Å²) in [6.07, 6.45) is 0. The van der Waals surface area contributed by atoms with Crippen LogP contribution in [0.2, 0.25) is 5.02 Å². The van der Waals surface area contributed by atoms with Crippen LogP contribution in [0.4, 0.5) is 0 Å². The number of rotatable bonds is 0. The molecule has 0 saturated heterocycles. The molecule has 3 aromatic carbocycles. The zero-order valence-electron chi connectivity index (χ0n) is 8.68. The van der Waals surface area contributed by atoms with Gasteiger partial charge in [-0.05, 0) is 55.7 Å². The molecular formula is C14H7Br2Cl. The maximum atomic E-state index is 6.11. The van der Waals surface area contributed by atoms with E-state index >= 15 is 0 Å². The van der Waals surface area contributed by atoms with Crippen molar-refractivity contribution in [3.8, 4) is 0 Å². The van der Waals surface area contributed by atoms with Crippen LogP contribution < -0.4 is 0 Å². The van der Waals surface area contributed by atoms with Crippen LogP contribution >= 0.6 is 43.5 Å². The highest BCUT2D eigenvalue weighted by atomic mass is 79.9. The van der Waals surface area contributed by atoms with Crippen LogP contribution in [0, 0.1) is 0 Å². The molecule has 0 unspecified atom stereocenters. The van der Waals surface area contributed by atoms with Gasteiger partial charge in [-0.25, -0.2) is 0 Å². The van der Waals surface area contributed by atoms with Crippen molar-refractivity contribution in [3.63, 3.8) is 0 Å². The van der Waals surface area contributed by atoms with Gasteiger partial charge in [0.2, 0.25) is 0 Å². The Morgan fingerprint density at radius 3 is 2.29 bits per heavy atom. The molecule has 0 amide bonds. The molecule has 0 spiro atoms. The molecule has 0 aliphatic rings. The van der Waals surface area contributed by atoms with Crippen LogP contribution in [0.3, 0.4) is 0 Å². The normalized spacial score (nSPS) is 11.2. The van der Waals surface area contributed by atoms with Crippen molar-refractivity contribution < 1.29 is 0 Å². The first-order chi connectivity index (χ1) is 8.16. The van der Waals surface area contributed by atoms with Crippen molar-refractivity contribution in [3.05, 3.63) is 56.4 Å². The number of hydrogen-bond donors (Lipinski definition) is 0. The van der Waals surface area contributed by atoms with Crippen molar-refractivity contribution in [2.75, 3.05) is 0 Å². The molecule has 0 N–H and O–H groups in total. The highest BCUT2D eigenvalue weighted by molar-refractivity contribution is 9.11. The van der Waals surface area contributed by atoms with Crippen molar-refractivity contribution in [1.29, 1.82) is 0 Å². The Morgan fingerprint density at radius 2 is 1.47 bits per heavy atom. The van der Waals surface area contributed by atoms with Gasteiger partial charge in [-0.1, -0.05) is 51.8 Å². The van der Waals surface area contributed by atoms with E-state index in [2.05, 4.69) is 68.3 Å². The summed E-state index contributed by atoms with van der Waals surface area (Å²) < 4.78 is 2.05. The van der Waals surface area contributed by atoms with Gasteiger partial charge in [-0.3, -0.25) is 0 Å². The molecule has 0 bridgehead atoms. The molecular weight excluding hydrogens is 363 g/mol. The molecule has 3 heteroatoms. The van der Waals surface area contributed by atoms with E-state index in [4.69, 9.17) is 11.6 Å². The summed E-state index contributed by atoms with van der Waals surface area (Å²) in [4.78, 5) is 0. The fraction of sp³-hybridized carbons (Fsp3) is 0. The van der Waals surface area contributed by atoms with Gasteiger partial charge in [0.05, 0.1) is 5.02 Å². The molecule has 0 atom stereocenters. The highest BCUT2D eigenvalue weighted by Crippen LogP contribution is 2.35. The molecule has 84 valence electrons. The summed E-state index contributed by atoms with van der Waals surface area (Å²) >= 11 is 13.1. The summed E-state index contributed by atoms with van der Waals surface area (Å²) in [5, 5.41) is 5.57. The summed E-state index contributed by atoms with van der Waals surface area (Å²) in [6.45, 7) is 0. The smallest absolute Gasteiger partial charge is 0.0554 e. The Bertz CT molecular complexity index is 735. The second-order valence-corrected chi connectivity index (χ2v) is 6.00. The number of halogens is 3. The summed E-state index contributed by atoms with van der Waals surface area (Å²) in [5.41, 5.74) is 0.